The molecule has 72 heavy (non-hydrogen) atoms. The van der Waals surface area contributed by atoms with Crippen molar-refractivity contribution in [1.82, 2.24) is 5.32 Å². The van der Waals surface area contributed by atoms with E-state index in [1.165, 1.54) is 283 Å². The van der Waals surface area contributed by atoms with Gasteiger partial charge in [0.05, 0.1) is 25.4 Å². The molecule has 0 aliphatic rings. The van der Waals surface area contributed by atoms with Gasteiger partial charge in [-0.25, -0.2) is 0 Å². The molecule has 0 rings (SSSR count). The fraction of sp³-hybridized carbons (Fsp3) is 0.909. The number of aliphatic hydroxyl groups is 2. The number of carbonyl (C=O) groups excluding carboxylic acids is 2. The first-order valence-corrected chi connectivity index (χ1v) is 32.6. The summed E-state index contributed by atoms with van der Waals surface area (Å²) in [4.78, 5) is 24.5. The molecule has 0 aromatic rings. The van der Waals surface area contributed by atoms with Crippen LogP contribution in [0.4, 0.5) is 0 Å². The summed E-state index contributed by atoms with van der Waals surface area (Å²) < 4.78 is 5.47. The van der Waals surface area contributed by atoms with Crippen molar-refractivity contribution in [3.05, 3.63) is 24.3 Å². The number of hydrogen-bond donors (Lipinski definition) is 3. The minimum Gasteiger partial charge on any atom is -0.466 e. The van der Waals surface area contributed by atoms with Crippen LogP contribution < -0.4 is 5.32 Å². The lowest BCUT2D eigenvalue weighted by atomic mass is 10.0. The van der Waals surface area contributed by atoms with Crippen LogP contribution in [0.15, 0.2) is 24.3 Å². The van der Waals surface area contributed by atoms with E-state index >= 15 is 0 Å². The van der Waals surface area contributed by atoms with E-state index in [2.05, 4.69) is 43.5 Å². The lowest BCUT2D eigenvalue weighted by molar-refractivity contribution is -0.143. The summed E-state index contributed by atoms with van der Waals surface area (Å²) in [5, 5.41) is 23.2. The van der Waals surface area contributed by atoms with Crippen molar-refractivity contribution < 1.29 is 24.5 Å². The predicted molar refractivity (Wildman–Crippen MR) is 315 cm³/mol. The van der Waals surface area contributed by atoms with Crippen molar-refractivity contribution in [2.75, 3.05) is 13.2 Å². The molecule has 0 heterocycles. The Balaban J connectivity index is 3.37. The molecule has 3 N–H and O–H groups in total. The molecule has 0 aromatic carbocycles. The maximum atomic E-state index is 12.5. The van der Waals surface area contributed by atoms with E-state index in [4.69, 9.17) is 4.74 Å². The van der Waals surface area contributed by atoms with E-state index in [1.807, 2.05) is 0 Å². The number of allylic oxidation sites excluding steroid dienone is 4. The second-order valence-electron chi connectivity index (χ2n) is 22.5. The van der Waals surface area contributed by atoms with Crippen molar-refractivity contribution in [2.24, 2.45) is 0 Å². The van der Waals surface area contributed by atoms with Crippen LogP contribution in [0, 0.1) is 0 Å². The summed E-state index contributed by atoms with van der Waals surface area (Å²) in [6.45, 7) is 4.96. The third-order valence-corrected chi connectivity index (χ3v) is 15.3. The molecule has 0 bridgehead atoms. The molecule has 426 valence electrons. The van der Waals surface area contributed by atoms with Crippen LogP contribution in [0.3, 0.4) is 0 Å². The van der Waals surface area contributed by atoms with Gasteiger partial charge in [0, 0.05) is 12.8 Å². The maximum absolute atomic E-state index is 12.5. The minimum absolute atomic E-state index is 0.0142. The van der Waals surface area contributed by atoms with E-state index in [9.17, 15) is 19.8 Å². The summed E-state index contributed by atoms with van der Waals surface area (Å²) in [6, 6.07) is -0.539. The van der Waals surface area contributed by atoms with Gasteiger partial charge in [-0.15, -0.1) is 0 Å². The third kappa shape index (κ3) is 57.6. The number of carbonyl (C=O) groups is 2. The molecule has 0 aliphatic heterocycles. The molecule has 0 aromatic heterocycles. The van der Waals surface area contributed by atoms with Gasteiger partial charge >= 0.3 is 5.97 Å². The fourth-order valence-corrected chi connectivity index (χ4v) is 10.3. The van der Waals surface area contributed by atoms with Crippen molar-refractivity contribution in [2.45, 2.75) is 373 Å². The molecule has 0 spiro atoms. The Morgan fingerprint density at radius 1 is 0.389 bits per heavy atom. The highest BCUT2D eigenvalue weighted by Crippen LogP contribution is 2.18. The van der Waals surface area contributed by atoms with Crippen LogP contribution in [-0.4, -0.2) is 47.4 Å². The van der Waals surface area contributed by atoms with E-state index in [0.29, 0.717) is 25.9 Å². The first-order valence-electron chi connectivity index (χ1n) is 32.6. The Morgan fingerprint density at radius 2 is 0.694 bits per heavy atom. The van der Waals surface area contributed by atoms with Crippen molar-refractivity contribution in [3.8, 4) is 0 Å². The number of aliphatic hydroxyl groups excluding tert-OH is 2. The number of unbranched alkanes of at least 4 members (excludes halogenated alkanes) is 46. The SMILES string of the molecule is CCCCCCCCCCCCCCC(=O)OCCCCCCCCCCC/C=C\C/C=C\CCCCCCCCCCCCCCCCCC(=O)NC(CO)C(O)CCCCCCCCCCCCCC. The molecule has 0 saturated heterocycles. The molecule has 1 amide bonds. The normalized spacial score (nSPS) is 12.7. The van der Waals surface area contributed by atoms with Gasteiger partial charge in [0.25, 0.3) is 0 Å². The van der Waals surface area contributed by atoms with Gasteiger partial charge in [0.2, 0.25) is 5.91 Å². The van der Waals surface area contributed by atoms with E-state index in [-0.39, 0.29) is 18.5 Å². The molecule has 2 atom stereocenters. The number of ether oxygens (including phenoxy) is 1. The topological polar surface area (TPSA) is 95.9 Å². The van der Waals surface area contributed by atoms with Crippen LogP contribution in [0.1, 0.15) is 361 Å². The Hall–Kier alpha value is -1.66. The monoisotopic (exact) mass is 1010 g/mol. The van der Waals surface area contributed by atoms with E-state index < -0.39 is 12.1 Å². The minimum atomic E-state index is -0.662. The maximum Gasteiger partial charge on any atom is 0.305 e. The molecule has 0 radical (unpaired) electrons. The van der Waals surface area contributed by atoms with Crippen LogP contribution in [-0.2, 0) is 14.3 Å². The molecule has 0 fully saturated rings. The first kappa shape index (κ1) is 70.3. The first-order chi connectivity index (χ1) is 35.5. The van der Waals surface area contributed by atoms with E-state index in [1.54, 1.807) is 0 Å². The Kier molecular flexibility index (Phi) is 60.5. The number of amides is 1. The summed E-state index contributed by atoms with van der Waals surface area (Å²) in [5.41, 5.74) is 0. The molecule has 0 saturated carbocycles. The average Bonchev–Trinajstić information content (AvgIpc) is 3.38. The Bertz CT molecular complexity index is 1120. The zero-order valence-electron chi connectivity index (χ0n) is 48.7. The molecule has 2 unspecified atom stereocenters. The van der Waals surface area contributed by atoms with Gasteiger partial charge in [-0.2, -0.15) is 0 Å². The van der Waals surface area contributed by atoms with E-state index in [0.717, 1.165) is 44.9 Å². The average molecular weight is 1010 g/mol. The Morgan fingerprint density at radius 3 is 1.06 bits per heavy atom. The summed E-state index contributed by atoms with van der Waals surface area (Å²) in [7, 11) is 0. The largest absolute Gasteiger partial charge is 0.466 e. The van der Waals surface area contributed by atoms with Gasteiger partial charge < -0.3 is 20.3 Å². The molecular weight excluding hydrogens is 887 g/mol. The molecule has 6 nitrogen and oxygen atoms in total. The quantitative estimate of drug-likeness (QED) is 0.0320. The zero-order chi connectivity index (χ0) is 52.2. The highest BCUT2D eigenvalue weighted by molar-refractivity contribution is 5.76. The second kappa shape index (κ2) is 61.9. The lowest BCUT2D eigenvalue weighted by Gasteiger charge is -2.22. The zero-order valence-corrected chi connectivity index (χ0v) is 48.7. The fourth-order valence-electron chi connectivity index (χ4n) is 10.3. The summed E-state index contributed by atoms with van der Waals surface area (Å²) >= 11 is 0. The summed E-state index contributed by atoms with van der Waals surface area (Å²) in [5.74, 6) is -0.0192. The highest BCUT2D eigenvalue weighted by Gasteiger charge is 2.20. The second-order valence-corrected chi connectivity index (χ2v) is 22.5. The Labute approximate surface area is 450 Å². The van der Waals surface area contributed by atoms with Crippen LogP contribution in [0.2, 0.25) is 0 Å². The van der Waals surface area contributed by atoms with Crippen molar-refractivity contribution >= 4 is 11.9 Å². The number of esters is 1. The van der Waals surface area contributed by atoms with Crippen LogP contribution in [0.5, 0.6) is 0 Å². The predicted octanol–water partition coefficient (Wildman–Crippen LogP) is 20.6. The number of hydrogen-bond acceptors (Lipinski definition) is 5. The number of rotatable bonds is 61. The molecule has 6 heteroatoms. The van der Waals surface area contributed by atoms with Crippen LogP contribution in [0.25, 0.3) is 0 Å². The highest BCUT2D eigenvalue weighted by atomic mass is 16.5. The van der Waals surface area contributed by atoms with Gasteiger partial charge in [-0.05, 0) is 57.8 Å². The summed E-state index contributed by atoms with van der Waals surface area (Å²) in [6.07, 6.45) is 76.4. The smallest absolute Gasteiger partial charge is 0.305 e. The molecular formula is C66H127NO5. The lowest BCUT2D eigenvalue weighted by Crippen LogP contribution is -2.45. The van der Waals surface area contributed by atoms with Gasteiger partial charge in [-0.1, -0.05) is 314 Å². The van der Waals surface area contributed by atoms with Gasteiger partial charge in [0.1, 0.15) is 0 Å². The third-order valence-electron chi connectivity index (χ3n) is 15.3. The standard InChI is InChI=1S/C66H127NO5/c1-3-5-7-9-11-13-15-38-42-46-50-54-58-64(69)63(62-68)67-65(70)59-55-51-47-43-39-36-34-32-30-28-26-24-22-20-18-17-19-21-23-25-27-29-31-33-35-37-41-45-49-53-57-61-72-66(71)60-56-52-48-44-40-16-14-12-10-8-6-4-2/h19,21,25,27,63-64,68-69H,3-18,20,22-24,26,28-62H2,1-2H3,(H,67,70)/b21-19-,27-25-. The van der Waals surface area contributed by atoms with Crippen molar-refractivity contribution in [3.63, 3.8) is 0 Å². The van der Waals surface area contributed by atoms with Crippen LogP contribution >= 0.6 is 0 Å². The van der Waals surface area contributed by atoms with Gasteiger partial charge in [-0.3, -0.25) is 9.59 Å². The van der Waals surface area contributed by atoms with Gasteiger partial charge in [0.15, 0.2) is 0 Å². The molecule has 0 aliphatic carbocycles. The van der Waals surface area contributed by atoms with Crippen molar-refractivity contribution in [1.29, 1.82) is 0 Å². The number of nitrogens with one attached hydrogen (secondary N) is 1.